The molecule has 9 aromatic carbocycles. The molecule has 0 amide bonds. The van der Waals surface area contributed by atoms with E-state index < -0.39 is 0 Å². The highest BCUT2D eigenvalue weighted by atomic mass is 32.1. The summed E-state index contributed by atoms with van der Waals surface area (Å²) in [5.74, 6) is 0. The highest BCUT2D eigenvalue weighted by molar-refractivity contribution is 7.26. The van der Waals surface area contributed by atoms with Crippen LogP contribution < -0.4 is 0 Å². The van der Waals surface area contributed by atoms with Gasteiger partial charge < -0.3 is 8.83 Å². The van der Waals surface area contributed by atoms with E-state index in [1.165, 1.54) is 69.2 Å². The minimum atomic E-state index is 0.904. The molecule has 12 aromatic rings. The lowest BCUT2D eigenvalue weighted by atomic mass is 9.84. The van der Waals surface area contributed by atoms with Gasteiger partial charge in [0.2, 0.25) is 0 Å². The Morgan fingerprint density at radius 1 is 0.377 bits per heavy atom. The van der Waals surface area contributed by atoms with E-state index in [1.807, 2.05) is 17.6 Å². The summed E-state index contributed by atoms with van der Waals surface area (Å²) in [6.45, 7) is 0. The molecule has 0 aliphatic carbocycles. The Balaban J connectivity index is 1.22. The van der Waals surface area contributed by atoms with Crippen molar-refractivity contribution in [1.82, 2.24) is 0 Å². The van der Waals surface area contributed by atoms with Crippen molar-refractivity contribution in [2.45, 2.75) is 0 Å². The van der Waals surface area contributed by atoms with Crippen molar-refractivity contribution in [3.63, 3.8) is 0 Å². The van der Waals surface area contributed by atoms with Gasteiger partial charge in [-0.05, 0) is 79.3 Å². The maximum absolute atomic E-state index is 6.82. The molecule has 0 fully saturated rings. The molecule has 0 aliphatic heterocycles. The standard InChI is InChI=1S/C50H28O2S/c1-2-13-29(14-3-1)40-28-51-49-36(40)25-26-43-48(49)47-38(22-12-24-42(47)53-43)44-32-17-6-8-19-34(32)45(35-20-9-7-18-33(35)44)39-27-30-15-4-5-16-31(30)46-37-21-10-11-23-41(37)52-50(39)46/h1-28H. The molecule has 0 spiro atoms. The van der Waals surface area contributed by atoms with Crippen LogP contribution in [0, 0.1) is 0 Å². The van der Waals surface area contributed by atoms with Crippen LogP contribution in [0.15, 0.2) is 179 Å². The molecule has 0 saturated heterocycles. The van der Waals surface area contributed by atoms with Crippen LogP contribution in [0.4, 0.5) is 0 Å². The summed E-state index contributed by atoms with van der Waals surface area (Å²) in [7, 11) is 0. The molecule has 3 aromatic heterocycles. The first-order valence-corrected chi connectivity index (χ1v) is 18.8. The highest BCUT2D eigenvalue weighted by Crippen LogP contribution is 2.51. The largest absolute Gasteiger partial charge is 0.463 e. The Morgan fingerprint density at radius 2 is 1.00 bits per heavy atom. The van der Waals surface area contributed by atoms with Gasteiger partial charge in [-0.15, -0.1) is 11.3 Å². The second kappa shape index (κ2) is 10.9. The Hall–Kier alpha value is -6.68. The Kier molecular flexibility index (Phi) is 5.96. The third kappa shape index (κ3) is 4.03. The molecule has 3 heteroatoms. The topological polar surface area (TPSA) is 26.3 Å². The third-order valence-electron chi connectivity index (χ3n) is 11.1. The summed E-state index contributed by atoms with van der Waals surface area (Å²) in [5, 5.41) is 13.1. The van der Waals surface area contributed by atoms with E-state index >= 15 is 0 Å². The Labute approximate surface area is 307 Å². The molecule has 0 bridgehead atoms. The molecular weight excluding hydrogens is 665 g/mol. The fraction of sp³-hybridized carbons (Fsp3) is 0. The monoisotopic (exact) mass is 692 g/mol. The number of fused-ring (bicyclic) bond motifs is 12. The molecule has 0 unspecified atom stereocenters. The van der Waals surface area contributed by atoms with Gasteiger partial charge in [-0.3, -0.25) is 0 Å². The summed E-state index contributed by atoms with van der Waals surface area (Å²) < 4.78 is 15.8. The first kappa shape index (κ1) is 29.0. The maximum atomic E-state index is 6.82. The zero-order chi connectivity index (χ0) is 34.6. The van der Waals surface area contributed by atoms with E-state index in [4.69, 9.17) is 8.83 Å². The molecule has 2 nitrogen and oxygen atoms in total. The lowest BCUT2D eigenvalue weighted by Gasteiger charge is -2.19. The first-order chi connectivity index (χ1) is 26.3. The predicted octanol–water partition coefficient (Wildman–Crippen LogP) is 15.2. The summed E-state index contributed by atoms with van der Waals surface area (Å²) >= 11 is 1.83. The smallest absolute Gasteiger partial charge is 0.143 e. The van der Waals surface area contributed by atoms with Gasteiger partial charge in [0.05, 0.1) is 6.26 Å². The Bertz CT molecular complexity index is 3390. The van der Waals surface area contributed by atoms with Crippen molar-refractivity contribution in [2.24, 2.45) is 0 Å². The zero-order valence-electron chi connectivity index (χ0n) is 28.4. The van der Waals surface area contributed by atoms with Gasteiger partial charge in [0.1, 0.15) is 16.7 Å². The number of furan rings is 2. The average Bonchev–Trinajstić information content (AvgIpc) is 3.94. The normalized spacial score (nSPS) is 12.2. The van der Waals surface area contributed by atoms with Crippen molar-refractivity contribution in [3.8, 4) is 33.4 Å². The van der Waals surface area contributed by atoms with Crippen molar-refractivity contribution in [3.05, 3.63) is 170 Å². The number of para-hydroxylation sites is 1. The maximum Gasteiger partial charge on any atom is 0.143 e. The van der Waals surface area contributed by atoms with E-state index in [0.29, 0.717) is 0 Å². The average molecular weight is 693 g/mol. The van der Waals surface area contributed by atoms with Crippen LogP contribution in [0.5, 0.6) is 0 Å². The lowest BCUT2D eigenvalue weighted by Crippen LogP contribution is -1.92. The fourth-order valence-corrected chi connectivity index (χ4v) is 10.0. The molecule has 246 valence electrons. The first-order valence-electron chi connectivity index (χ1n) is 18.0. The third-order valence-corrected chi connectivity index (χ3v) is 12.2. The minimum absolute atomic E-state index is 0.904. The van der Waals surface area contributed by atoms with Gasteiger partial charge in [0.25, 0.3) is 0 Å². The number of benzene rings is 9. The second-order valence-corrected chi connectivity index (χ2v) is 15.0. The number of rotatable bonds is 3. The van der Waals surface area contributed by atoms with Crippen LogP contribution in [0.1, 0.15) is 0 Å². The van der Waals surface area contributed by atoms with Crippen LogP contribution >= 0.6 is 11.3 Å². The van der Waals surface area contributed by atoms with E-state index in [-0.39, 0.29) is 0 Å². The summed E-state index contributed by atoms with van der Waals surface area (Å²) in [4.78, 5) is 0. The van der Waals surface area contributed by atoms with Gasteiger partial charge in [0.15, 0.2) is 0 Å². The quantitative estimate of drug-likeness (QED) is 0.172. The molecule has 12 rings (SSSR count). The molecule has 53 heavy (non-hydrogen) atoms. The summed E-state index contributed by atoms with van der Waals surface area (Å²) in [6.07, 6.45) is 1.92. The molecule has 3 heterocycles. The molecule has 0 saturated carbocycles. The highest BCUT2D eigenvalue weighted by Gasteiger charge is 2.24. The van der Waals surface area contributed by atoms with Gasteiger partial charge in [0, 0.05) is 53.0 Å². The van der Waals surface area contributed by atoms with Gasteiger partial charge in [-0.1, -0.05) is 133 Å². The zero-order valence-corrected chi connectivity index (χ0v) is 29.2. The molecule has 0 radical (unpaired) electrons. The van der Waals surface area contributed by atoms with Gasteiger partial charge in [-0.2, -0.15) is 0 Å². The Morgan fingerprint density at radius 3 is 1.75 bits per heavy atom. The molecule has 0 atom stereocenters. The molecular formula is C50H28O2S. The van der Waals surface area contributed by atoms with Crippen molar-refractivity contribution >= 4 is 96.7 Å². The van der Waals surface area contributed by atoms with E-state index in [9.17, 15) is 0 Å². The molecule has 0 aliphatic rings. The predicted molar refractivity (Wildman–Crippen MR) is 225 cm³/mol. The van der Waals surface area contributed by atoms with Crippen LogP contribution in [-0.4, -0.2) is 0 Å². The summed E-state index contributed by atoms with van der Waals surface area (Å²) in [5.41, 5.74) is 9.79. The van der Waals surface area contributed by atoms with Gasteiger partial charge in [-0.25, -0.2) is 0 Å². The fourth-order valence-electron chi connectivity index (χ4n) is 8.91. The van der Waals surface area contributed by atoms with E-state index in [1.54, 1.807) is 0 Å². The van der Waals surface area contributed by atoms with Crippen LogP contribution in [0.3, 0.4) is 0 Å². The minimum Gasteiger partial charge on any atom is -0.463 e. The molecule has 0 N–H and O–H groups in total. The van der Waals surface area contributed by atoms with E-state index in [0.717, 1.165) is 49.6 Å². The summed E-state index contributed by atoms with van der Waals surface area (Å²) in [6, 6.07) is 59.1. The van der Waals surface area contributed by atoms with Crippen LogP contribution in [-0.2, 0) is 0 Å². The van der Waals surface area contributed by atoms with Crippen LogP contribution in [0.25, 0.3) is 119 Å². The number of hydrogen-bond donors (Lipinski definition) is 0. The van der Waals surface area contributed by atoms with Crippen molar-refractivity contribution in [1.29, 1.82) is 0 Å². The van der Waals surface area contributed by atoms with E-state index in [2.05, 4.69) is 164 Å². The second-order valence-electron chi connectivity index (χ2n) is 13.9. The number of hydrogen-bond acceptors (Lipinski definition) is 3. The van der Waals surface area contributed by atoms with Crippen LogP contribution in [0.2, 0.25) is 0 Å². The van der Waals surface area contributed by atoms with Gasteiger partial charge >= 0.3 is 0 Å². The number of thiophene rings is 1. The SMILES string of the molecule is c1ccc(-c2coc3c2ccc2sc4cccc(-c5c6ccccc6c(-c6cc7ccccc7c7c6oc6ccccc67)c6ccccc56)c4c23)cc1. The van der Waals surface area contributed by atoms with Crippen molar-refractivity contribution < 1.29 is 8.83 Å². The van der Waals surface area contributed by atoms with Crippen molar-refractivity contribution in [2.75, 3.05) is 0 Å². The lowest BCUT2D eigenvalue weighted by molar-refractivity contribution is 0.620.